The minimum atomic E-state index is -3.56. The first kappa shape index (κ1) is 18.9. The van der Waals surface area contributed by atoms with E-state index in [0.29, 0.717) is 18.7 Å². The number of aryl methyl sites for hydroxylation is 1. The van der Waals surface area contributed by atoms with Gasteiger partial charge in [-0.2, -0.15) is 4.31 Å². The highest BCUT2D eigenvalue weighted by atomic mass is 32.2. The van der Waals surface area contributed by atoms with Crippen molar-refractivity contribution in [2.24, 2.45) is 0 Å². The summed E-state index contributed by atoms with van der Waals surface area (Å²) in [7, 11) is -3.56. The van der Waals surface area contributed by atoms with E-state index in [1.54, 1.807) is 26.0 Å². The molecule has 1 amide bonds. The molecule has 1 aromatic rings. The Morgan fingerprint density at radius 3 is 2.46 bits per heavy atom. The van der Waals surface area contributed by atoms with Crippen molar-refractivity contribution in [3.05, 3.63) is 29.3 Å². The van der Waals surface area contributed by atoms with Gasteiger partial charge in [-0.25, -0.2) is 8.42 Å². The molecule has 0 bridgehead atoms. The van der Waals surface area contributed by atoms with E-state index in [9.17, 15) is 13.2 Å². The summed E-state index contributed by atoms with van der Waals surface area (Å²) >= 11 is 0. The van der Waals surface area contributed by atoms with Crippen LogP contribution in [0.2, 0.25) is 0 Å². The summed E-state index contributed by atoms with van der Waals surface area (Å²) < 4.78 is 26.7. The van der Waals surface area contributed by atoms with Crippen LogP contribution in [0.25, 0.3) is 0 Å². The molecule has 7 heteroatoms. The lowest BCUT2D eigenvalue weighted by Crippen LogP contribution is -2.43. The third kappa shape index (κ3) is 4.15. The van der Waals surface area contributed by atoms with Crippen LogP contribution in [0, 0.1) is 6.92 Å². The van der Waals surface area contributed by atoms with E-state index < -0.39 is 10.0 Å². The van der Waals surface area contributed by atoms with E-state index in [0.717, 1.165) is 31.5 Å². The number of hydrogen-bond acceptors (Lipinski definition) is 4. The Kier molecular flexibility index (Phi) is 6.37. The van der Waals surface area contributed by atoms with Crippen LogP contribution >= 0.6 is 0 Å². The fourth-order valence-electron chi connectivity index (χ4n) is 2.95. The Morgan fingerprint density at radius 1 is 1.25 bits per heavy atom. The molecule has 0 aliphatic carbocycles. The number of nitrogens with zero attached hydrogens (tertiary/aromatic N) is 1. The smallest absolute Gasteiger partial charge is 0.251 e. The van der Waals surface area contributed by atoms with Gasteiger partial charge in [-0.15, -0.1) is 0 Å². The Labute approximate surface area is 144 Å². The molecule has 0 saturated carbocycles. The molecule has 1 aromatic carbocycles. The third-order valence-corrected chi connectivity index (χ3v) is 6.52. The maximum atomic E-state index is 12.7. The molecule has 6 nitrogen and oxygen atoms in total. The van der Waals surface area contributed by atoms with E-state index in [-0.39, 0.29) is 16.8 Å². The van der Waals surface area contributed by atoms with E-state index in [4.69, 9.17) is 0 Å². The van der Waals surface area contributed by atoms with Gasteiger partial charge in [-0.1, -0.05) is 19.9 Å². The Hall–Kier alpha value is -1.44. The second kappa shape index (κ2) is 8.09. The van der Waals surface area contributed by atoms with Crippen LogP contribution in [0.4, 0.5) is 0 Å². The minimum Gasteiger partial charge on any atom is -0.349 e. The largest absolute Gasteiger partial charge is 0.349 e. The van der Waals surface area contributed by atoms with E-state index in [2.05, 4.69) is 10.6 Å². The average Bonchev–Trinajstić information content (AvgIpc) is 2.56. The molecule has 24 heavy (non-hydrogen) atoms. The van der Waals surface area contributed by atoms with Gasteiger partial charge in [-0.05, 0) is 50.6 Å². The van der Waals surface area contributed by atoms with Gasteiger partial charge >= 0.3 is 0 Å². The van der Waals surface area contributed by atoms with Gasteiger partial charge in [-0.3, -0.25) is 4.79 Å². The Balaban J connectivity index is 2.26. The number of sulfonamides is 1. The zero-order valence-corrected chi connectivity index (χ0v) is 15.4. The molecular weight excluding hydrogens is 326 g/mol. The summed E-state index contributed by atoms with van der Waals surface area (Å²) in [5.74, 6) is -0.198. The van der Waals surface area contributed by atoms with Crippen LogP contribution in [0.3, 0.4) is 0 Å². The van der Waals surface area contributed by atoms with Crippen LogP contribution in [0.5, 0.6) is 0 Å². The molecule has 2 rings (SSSR count). The summed E-state index contributed by atoms with van der Waals surface area (Å²) in [6.45, 7) is 8.03. The van der Waals surface area contributed by atoms with Crippen LogP contribution in [0.1, 0.15) is 42.6 Å². The van der Waals surface area contributed by atoms with Crippen molar-refractivity contribution in [2.45, 2.75) is 44.6 Å². The van der Waals surface area contributed by atoms with Gasteiger partial charge < -0.3 is 10.6 Å². The number of amides is 1. The first-order chi connectivity index (χ1) is 11.4. The molecule has 0 radical (unpaired) electrons. The number of nitrogens with one attached hydrogen (secondary N) is 2. The Morgan fingerprint density at radius 2 is 1.88 bits per heavy atom. The van der Waals surface area contributed by atoms with Crippen molar-refractivity contribution in [3.8, 4) is 0 Å². The normalized spacial score (nSPS) is 16.3. The maximum Gasteiger partial charge on any atom is 0.251 e. The number of piperidine rings is 1. The Bertz CT molecular complexity index is 678. The molecule has 134 valence electrons. The second-order valence-electron chi connectivity index (χ2n) is 6.06. The summed E-state index contributed by atoms with van der Waals surface area (Å²) in [5, 5.41) is 6.28. The molecule has 0 unspecified atom stereocenters. The van der Waals surface area contributed by atoms with Gasteiger partial charge in [0, 0.05) is 24.7 Å². The monoisotopic (exact) mass is 353 g/mol. The predicted octanol–water partition coefficient (Wildman–Crippen LogP) is 1.51. The first-order valence-corrected chi connectivity index (χ1v) is 9.96. The highest BCUT2D eigenvalue weighted by Crippen LogP contribution is 2.20. The second-order valence-corrected chi connectivity index (χ2v) is 8.00. The van der Waals surface area contributed by atoms with Crippen LogP contribution in [-0.2, 0) is 10.0 Å². The molecule has 1 fully saturated rings. The fraction of sp³-hybridized carbons (Fsp3) is 0.588. The fourth-order valence-corrected chi connectivity index (χ4v) is 4.43. The molecule has 0 spiro atoms. The van der Waals surface area contributed by atoms with Crippen molar-refractivity contribution in [1.82, 2.24) is 14.9 Å². The zero-order chi connectivity index (χ0) is 17.7. The van der Waals surface area contributed by atoms with Crippen molar-refractivity contribution < 1.29 is 13.2 Å². The van der Waals surface area contributed by atoms with E-state index >= 15 is 0 Å². The van der Waals surface area contributed by atoms with Gasteiger partial charge in [0.25, 0.3) is 5.91 Å². The number of carbonyl (C=O) groups is 1. The molecule has 2 N–H and O–H groups in total. The van der Waals surface area contributed by atoms with Crippen molar-refractivity contribution in [2.75, 3.05) is 26.2 Å². The molecule has 1 aliphatic rings. The van der Waals surface area contributed by atoms with Gasteiger partial charge in [0.05, 0.1) is 4.90 Å². The summed E-state index contributed by atoms with van der Waals surface area (Å²) in [4.78, 5) is 12.8. The topological polar surface area (TPSA) is 78.5 Å². The average molecular weight is 353 g/mol. The lowest BCUT2D eigenvalue weighted by Gasteiger charge is -2.24. The third-order valence-electron chi connectivity index (χ3n) is 4.47. The van der Waals surface area contributed by atoms with E-state index in [1.165, 1.54) is 10.4 Å². The summed E-state index contributed by atoms with van der Waals surface area (Å²) in [5.41, 5.74) is 1.21. The van der Waals surface area contributed by atoms with Crippen molar-refractivity contribution in [1.29, 1.82) is 0 Å². The maximum absolute atomic E-state index is 12.7. The molecule has 0 aromatic heterocycles. The summed E-state index contributed by atoms with van der Waals surface area (Å²) in [6.07, 6.45) is 1.78. The van der Waals surface area contributed by atoms with Crippen LogP contribution < -0.4 is 10.6 Å². The lowest BCUT2D eigenvalue weighted by molar-refractivity contribution is 0.0928. The number of hydrogen-bond donors (Lipinski definition) is 2. The quantitative estimate of drug-likeness (QED) is 0.812. The molecule has 1 heterocycles. The number of carbonyl (C=O) groups excluding carboxylic acids is 1. The minimum absolute atomic E-state index is 0.140. The first-order valence-electron chi connectivity index (χ1n) is 8.52. The summed E-state index contributed by atoms with van der Waals surface area (Å²) in [6, 6.07) is 4.92. The van der Waals surface area contributed by atoms with Gasteiger partial charge in [0.2, 0.25) is 10.0 Å². The zero-order valence-electron chi connectivity index (χ0n) is 14.6. The number of rotatable bonds is 6. The van der Waals surface area contributed by atoms with Gasteiger partial charge in [0.15, 0.2) is 0 Å². The molecule has 1 saturated heterocycles. The molecule has 0 atom stereocenters. The number of benzene rings is 1. The molecule has 1 aliphatic heterocycles. The molecular formula is C17H27N3O3S. The predicted molar refractivity (Wildman–Crippen MR) is 94.6 cm³/mol. The standard InChI is InChI=1S/C17H27N3O3S/c1-4-20(5-2)24(22,23)15-7-6-13(3)16(12-15)17(21)19-14-8-10-18-11-9-14/h6-7,12,14,18H,4-5,8-11H2,1-3H3,(H,19,21). The van der Waals surface area contributed by atoms with E-state index in [1.807, 2.05) is 6.92 Å². The van der Waals surface area contributed by atoms with Crippen LogP contribution in [0.15, 0.2) is 23.1 Å². The lowest BCUT2D eigenvalue weighted by atomic mass is 10.0. The highest BCUT2D eigenvalue weighted by molar-refractivity contribution is 7.89. The van der Waals surface area contributed by atoms with Crippen LogP contribution in [-0.4, -0.2) is 50.9 Å². The van der Waals surface area contributed by atoms with Crippen molar-refractivity contribution in [3.63, 3.8) is 0 Å². The SMILES string of the molecule is CCN(CC)S(=O)(=O)c1ccc(C)c(C(=O)NC2CCNCC2)c1. The highest BCUT2D eigenvalue weighted by Gasteiger charge is 2.24. The van der Waals surface area contributed by atoms with Crippen molar-refractivity contribution >= 4 is 15.9 Å². The van der Waals surface area contributed by atoms with Gasteiger partial charge in [0.1, 0.15) is 0 Å².